The van der Waals surface area contributed by atoms with Gasteiger partial charge in [-0.05, 0) is 11.6 Å². The van der Waals surface area contributed by atoms with Crippen molar-refractivity contribution in [3.05, 3.63) is 71.9 Å². The van der Waals surface area contributed by atoms with Crippen LogP contribution in [0.25, 0.3) is 10.9 Å². The first-order valence-corrected chi connectivity index (χ1v) is 7.10. The second kappa shape index (κ2) is 6.26. The maximum atomic E-state index is 11.4. The number of carboxylic acid groups (broad SMARTS) is 1. The van der Waals surface area contributed by atoms with E-state index in [2.05, 4.69) is 9.98 Å². The smallest absolute Gasteiger partial charge is 0.328 e. The van der Waals surface area contributed by atoms with Crippen molar-refractivity contribution in [3.63, 3.8) is 0 Å². The number of aliphatic imine (C=N–C) groups is 1. The van der Waals surface area contributed by atoms with E-state index < -0.39 is 12.0 Å². The zero-order chi connectivity index (χ0) is 15.4. The fourth-order valence-corrected chi connectivity index (χ4v) is 2.41. The number of aromatic amines is 1. The van der Waals surface area contributed by atoms with Gasteiger partial charge in [0.15, 0.2) is 6.04 Å². The molecule has 3 aromatic rings. The van der Waals surface area contributed by atoms with Crippen molar-refractivity contribution >= 4 is 23.1 Å². The molecule has 0 aliphatic carbocycles. The summed E-state index contributed by atoms with van der Waals surface area (Å²) >= 11 is 0. The molecule has 0 spiro atoms. The first-order valence-electron chi connectivity index (χ1n) is 7.10. The Hall–Kier alpha value is -2.88. The fraction of sp³-hybridized carbons (Fsp3) is 0.111. The lowest BCUT2D eigenvalue weighted by Crippen LogP contribution is -2.20. The van der Waals surface area contributed by atoms with Crippen molar-refractivity contribution in [3.8, 4) is 0 Å². The van der Waals surface area contributed by atoms with E-state index in [4.69, 9.17) is 0 Å². The van der Waals surface area contributed by atoms with Gasteiger partial charge < -0.3 is 10.1 Å². The minimum Gasteiger partial charge on any atom is -0.480 e. The molecule has 4 heteroatoms. The van der Waals surface area contributed by atoms with E-state index in [1.807, 2.05) is 60.8 Å². The average molecular weight is 292 g/mol. The minimum atomic E-state index is -0.917. The number of benzene rings is 2. The van der Waals surface area contributed by atoms with E-state index in [-0.39, 0.29) is 0 Å². The minimum absolute atomic E-state index is 0.384. The highest BCUT2D eigenvalue weighted by Crippen LogP contribution is 2.16. The Kier molecular flexibility index (Phi) is 4.01. The van der Waals surface area contributed by atoms with Crippen LogP contribution in [0, 0.1) is 0 Å². The normalized spacial score (nSPS) is 12.7. The Morgan fingerprint density at radius 3 is 2.64 bits per heavy atom. The van der Waals surface area contributed by atoms with Crippen molar-refractivity contribution in [1.29, 1.82) is 0 Å². The van der Waals surface area contributed by atoms with E-state index in [9.17, 15) is 9.90 Å². The van der Waals surface area contributed by atoms with Gasteiger partial charge in [0.2, 0.25) is 0 Å². The van der Waals surface area contributed by atoms with Gasteiger partial charge in [-0.25, -0.2) is 4.79 Å². The van der Waals surface area contributed by atoms with Crippen LogP contribution < -0.4 is 0 Å². The maximum absolute atomic E-state index is 11.4. The molecule has 0 aliphatic heterocycles. The van der Waals surface area contributed by atoms with Gasteiger partial charge in [0, 0.05) is 35.3 Å². The third-order valence-corrected chi connectivity index (χ3v) is 3.57. The van der Waals surface area contributed by atoms with Crippen molar-refractivity contribution in [2.75, 3.05) is 0 Å². The maximum Gasteiger partial charge on any atom is 0.328 e. The third kappa shape index (κ3) is 3.06. The molecule has 110 valence electrons. The number of carboxylic acids is 1. The Morgan fingerprint density at radius 1 is 1.14 bits per heavy atom. The predicted octanol–water partition coefficient (Wildman–Crippen LogP) is 3.28. The van der Waals surface area contributed by atoms with E-state index in [0.29, 0.717) is 6.42 Å². The van der Waals surface area contributed by atoms with Crippen LogP contribution >= 0.6 is 0 Å². The van der Waals surface area contributed by atoms with E-state index >= 15 is 0 Å². The highest BCUT2D eigenvalue weighted by molar-refractivity contribution is 5.99. The highest BCUT2D eigenvalue weighted by Gasteiger charge is 2.16. The van der Waals surface area contributed by atoms with Crippen LogP contribution in [-0.2, 0) is 11.2 Å². The van der Waals surface area contributed by atoms with Gasteiger partial charge in [-0.2, -0.15) is 0 Å². The monoisotopic (exact) mass is 292 g/mol. The van der Waals surface area contributed by atoms with Crippen LogP contribution in [0.15, 0.2) is 65.8 Å². The SMILES string of the molecule is O=C(O)[C@H](Cc1ccccc1)N=Cc1c[nH]c2ccccc12. The van der Waals surface area contributed by atoms with Gasteiger partial charge in [0.1, 0.15) is 0 Å². The van der Waals surface area contributed by atoms with Gasteiger partial charge in [-0.15, -0.1) is 0 Å². The number of fused-ring (bicyclic) bond motifs is 1. The molecular weight excluding hydrogens is 276 g/mol. The lowest BCUT2D eigenvalue weighted by Gasteiger charge is -2.07. The Labute approximate surface area is 128 Å². The van der Waals surface area contributed by atoms with Crippen molar-refractivity contribution in [1.82, 2.24) is 4.98 Å². The van der Waals surface area contributed by atoms with Crippen molar-refractivity contribution in [2.24, 2.45) is 4.99 Å². The standard InChI is InChI=1S/C18H16N2O2/c21-18(22)17(10-13-6-2-1-3-7-13)20-12-14-11-19-16-9-5-4-8-15(14)16/h1-9,11-12,17,19H,10H2,(H,21,22)/t17-/m0/s1. The summed E-state index contributed by atoms with van der Waals surface area (Å²) in [5.74, 6) is -0.917. The first kappa shape index (κ1) is 14.1. The van der Waals surface area contributed by atoms with Crippen LogP contribution in [0.4, 0.5) is 0 Å². The lowest BCUT2D eigenvalue weighted by atomic mass is 10.1. The summed E-state index contributed by atoms with van der Waals surface area (Å²) in [6.07, 6.45) is 3.87. The largest absolute Gasteiger partial charge is 0.480 e. The van der Waals surface area contributed by atoms with E-state index in [1.165, 1.54) is 0 Å². The van der Waals surface area contributed by atoms with Gasteiger partial charge >= 0.3 is 5.97 Å². The lowest BCUT2D eigenvalue weighted by molar-refractivity contribution is -0.138. The number of hydrogen-bond acceptors (Lipinski definition) is 2. The van der Waals surface area contributed by atoms with Crippen LogP contribution in [0.1, 0.15) is 11.1 Å². The summed E-state index contributed by atoms with van der Waals surface area (Å²) in [4.78, 5) is 18.8. The Balaban J connectivity index is 1.83. The van der Waals surface area contributed by atoms with E-state index in [1.54, 1.807) is 6.21 Å². The molecule has 1 heterocycles. The molecule has 1 aromatic heterocycles. The molecule has 0 saturated heterocycles. The third-order valence-electron chi connectivity index (χ3n) is 3.57. The second-order valence-corrected chi connectivity index (χ2v) is 5.11. The molecule has 0 fully saturated rings. The molecule has 0 saturated carbocycles. The molecule has 3 rings (SSSR count). The molecule has 22 heavy (non-hydrogen) atoms. The van der Waals surface area contributed by atoms with Crippen molar-refractivity contribution < 1.29 is 9.90 Å². The number of nitrogens with zero attached hydrogens (tertiary/aromatic N) is 1. The first-order chi connectivity index (χ1) is 10.7. The summed E-state index contributed by atoms with van der Waals surface area (Å²) in [6, 6.07) is 16.6. The molecular formula is C18H16N2O2. The van der Waals surface area contributed by atoms with Crippen LogP contribution in [0.2, 0.25) is 0 Å². The number of aromatic nitrogens is 1. The van der Waals surface area contributed by atoms with Gasteiger partial charge in [-0.3, -0.25) is 4.99 Å². The molecule has 0 unspecified atom stereocenters. The highest BCUT2D eigenvalue weighted by atomic mass is 16.4. The van der Waals surface area contributed by atoms with Crippen molar-refractivity contribution in [2.45, 2.75) is 12.5 Å². The van der Waals surface area contributed by atoms with Crippen LogP contribution in [-0.4, -0.2) is 28.3 Å². The second-order valence-electron chi connectivity index (χ2n) is 5.11. The average Bonchev–Trinajstić information content (AvgIpc) is 2.95. The number of nitrogens with one attached hydrogen (secondary N) is 1. The summed E-state index contributed by atoms with van der Waals surface area (Å²) in [7, 11) is 0. The van der Waals surface area contributed by atoms with E-state index in [0.717, 1.165) is 22.0 Å². The molecule has 0 aliphatic rings. The number of hydrogen-bond donors (Lipinski definition) is 2. The number of para-hydroxylation sites is 1. The summed E-state index contributed by atoms with van der Waals surface area (Å²) < 4.78 is 0. The summed E-state index contributed by atoms with van der Waals surface area (Å²) in [5, 5.41) is 10.4. The number of carbonyl (C=O) groups is 1. The Bertz CT molecular complexity index is 806. The summed E-state index contributed by atoms with van der Waals surface area (Å²) in [5.41, 5.74) is 2.87. The molecule has 1 atom stereocenters. The molecule has 0 amide bonds. The van der Waals surface area contributed by atoms with Crippen LogP contribution in [0.5, 0.6) is 0 Å². The zero-order valence-corrected chi connectivity index (χ0v) is 11.9. The van der Waals surface area contributed by atoms with Gasteiger partial charge in [0.25, 0.3) is 0 Å². The zero-order valence-electron chi connectivity index (χ0n) is 11.9. The van der Waals surface area contributed by atoms with Crippen LogP contribution in [0.3, 0.4) is 0 Å². The Morgan fingerprint density at radius 2 is 1.86 bits per heavy atom. The molecule has 0 bridgehead atoms. The van der Waals surface area contributed by atoms with Gasteiger partial charge in [0.05, 0.1) is 0 Å². The molecule has 2 N–H and O–H groups in total. The molecule has 4 nitrogen and oxygen atoms in total. The van der Waals surface area contributed by atoms with Gasteiger partial charge in [-0.1, -0.05) is 48.5 Å². The molecule has 2 aromatic carbocycles. The number of H-pyrrole nitrogens is 1. The fourth-order valence-electron chi connectivity index (χ4n) is 2.41. The quantitative estimate of drug-likeness (QED) is 0.709. The predicted molar refractivity (Wildman–Crippen MR) is 87.5 cm³/mol. The topological polar surface area (TPSA) is 65.4 Å². The summed E-state index contributed by atoms with van der Waals surface area (Å²) in [6.45, 7) is 0. The molecule has 0 radical (unpaired) electrons. The number of rotatable bonds is 5. The number of aliphatic carboxylic acids is 1.